The number of fused-ring (bicyclic) bond motifs is 7. The van der Waals surface area contributed by atoms with Gasteiger partial charge in [0.25, 0.3) is 0 Å². The molecule has 0 saturated heterocycles. The minimum absolute atomic E-state index is 0.668. The lowest BCUT2D eigenvalue weighted by molar-refractivity contribution is 1.09. The second-order valence-corrected chi connectivity index (χ2v) is 13.2. The van der Waals surface area contributed by atoms with Gasteiger partial charge in [-0.3, -0.25) is 13.5 Å². The Labute approximate surface area is 295 Å². The van der Waals surface area contributed by atoms with E-state index in [1.54, 1.807) is 0 Å². The molecule has 4 aromatic heterocycles. The number of para-hydroxylation sites is 2. The van der Waals surface area contributed by atoms with Gasteiger partial charge in [0.05, 0.1) is 27.9 Å². The van der Waals surface area contributed by atoms with Crippen molar-refractivity contribution < 1.29 is 0 Å². The van der Waals surface area contributed by atoms with E-state index in [4.69, 9.17) is 15.0 Å². The predicted molar refractivity (Wildman–Crippen MR) is 206 cm³/mol. The van der Waals surface area contributed by atoms with Crippen molar-refractivity contribution in [1.29, 1.82) is 0 Å². The van der Waals surface area contributed by atoms with Crippen LogP contribution in [0.2, 0.25) is 0 Å². The van der Waals surface area contributed by atoms with Crippen LogP contribution in [0.25, 0.3) is 84.2 Å². The van der Waals surface area contributed by atoms with E-state index >= 15 is 0 Å². The molecule has 0 aliphatic heterocycles. The quantitative estimate of drug-likeness (QED) is 0.179. The molecule has 10 rings (SSSR count). The lowest BCUT2D eigenvalue weighted by atomic mass is 10.1. The third-order valence-electron chi connectivity index (χ3n) is 9.31. The number of aromatic nitrogens is 6. The number of halogens is 1. The van der Waals surface area contributed by atoms with Crippen molar-refractivity contribution in [2.24, 2.45) is 0 Å². The summed E-state index contributed by atoms with van der Waals surface area (Å²) in [4.78, 5) is 15.6. The smallest absolute Gasteiger partial charge is 0.222 e. The fourth-order valence-electron chi connectivity index (χ4n) is 7.10. The molecule has 0 amide bonds. The van der Waals surface area contributed by atoms with Crippen molar-refractivity contribution in [1.82, 2.24) is 28.5 Å². The molecule has 4 heterocycles. The van der Waals surface area contributed by atoms with Crippen molar-refractivity contribution in [3.8, 4) is 45.3 Å². The zero-order valence-electron chi connectivity index (χ0n) is 26.6. The van der Waals surface area contributed by atoms with Gasteiger partial charge in [0.1, 0.15) is 5.52 Å². The third-order valence-corrected chi connectivity index (χ3v) is 9.81. The minimum Gasteiger partial charge on any atom is -0.292 e. The summed E-state index contributed by atoms with van der Waals surface area (Å²) in [5.41, 5.74) is 12.0. The van der Waals surface area contributed by atoms with Crippen molar-refractivity contribution in [3.05, 3.63) is 168 Å². The van der Waals surface area contributed by atoms with E-state index in [0.29, 0.717) is 5.82 Å². The molecule has 0 radical (unpaired) electrons. The first-order valence-electron chi connectivity index (χ1n) is 16.5. The Hall–Kier alpha value is -6.31. The van der Waals surface area contributed by atoms with Crippen LogP contribution >= 0.6 is 15.9 Å². The lowest BCUT2D eigenvalue weighted by Gasteiger charge is -2.11. The maximum Gasteiger partial charge on any atom is 0.222 e. The number of benzene rings is 6. The molecule has 0 aliphatic carbocycles. The van der Waals surface area contributed by atoms with E-state index in [0.717, 1.165) is 82.8 Å². The summed E-state index contributed by atoms with van der Waals surface area (Å²) in [6, 6.07) is 56.5. The van der Waals surface area contributed by atoms with E-state index < -0.39 is 0 Å². The van der Waals surface area contributed by atoms with Crippen LogP contribution in [-0.2, 0) is 0 Å². The van der Waals surface area contributed by atoms with Crippen LogP contribution < -0.4 is 0 Å². The Bertz CT molecular complexity index is 2810. The zero-order chi connectivity index (χ0) is 33.2. The van der Waals surface area contributed by atoms with E-state index in [2.05, 4.69) is 151 Å². The van der Waals surface area contributed by atoms with Crippen LogP contribution in [-0.4, -0.2) is 28.5 Å². The molecular formula is C43H27BrN6. The first-order chi connectivity index (χ1) is 24.7. The number of imidazole rings is 2. The van der Waals surface area contributed by atoms with Crippen LogP contribution in [0.4, 0.5) is 0 Å². The van der Waals surface area contributed by atoms with E-state index in [1.165, 1.54) is 0 Å². The summed E-state index contributed by atoms with van der Waals surface area (Å²) in [5.74, 6) is 1.53. The molecule has 50 heavy (non-hydrogen) atoms. The lowest BCUT2D eigenvalue weighted by Crippen LogP contribution is -1.99. The Kier molecular flexibility index (Phi) is 6.54. The van der Waals surface area contributed by atoms with Gasteiger partial charge < -0.3 is 0 Å². The summed E-state index contributed by atoms with van der Waals surface area (Å²) in [6.45, 7) is 0. The Morgan fingerprint density at radius 2 is 1.06 bits per heavy atom. The van der Waals surface area contributed by atoms with Gasteiger partial charge in [-0.05, 0) is 54.6 Å². The Morgan fingerprint density at radius 3 is 1.78 bits per heavy atom. The largest absolute Gasteiger partial charge is 0.292 e. The minimum atomic E-state index is 0.668. The molecule has 6 aromatic carbocycles. The highest BCUT2D eigenvalue weighted by Crippen LogP contribution is 2.38. The molecule has 0 spiro atoms. The molecule has 0 atom stereocenters. The van der Waals surface area contributed by atoms with Gasteiger partial charge in [-0.1, -0.05) is 125 Å². The number of rotatable bonds is 5. The van der Waals surface area contributed by atoms with Gasteiger partial charge in [-0.15, -0.1) is 0 Å². The van der Waals surface area contributed by atoms with Crippen molar-refractivity contribution in [2.45, 2.75) is 0 Å². The highest BCUT2D eigenvalue weighted by atomic mass is 79.9. The van der Waals surface area contributed by atoms with Crippen LogP contribution in [0.5, 0.6) is 0 Å². The van der Waals surface area contributed by atoms with Gasteiger partial charge in [0.2, 0.25) is 5.78 Å². The average Bonchev–Trinajstić information content (AvgIpc) is 3.81. The van der Waals surface area contributed by atoms with E-state index in [1.807, 2.05) is 42.5 Å². The molecule has 0 bridgehead atoms. The summed E-state index contributed by atoms with van der Waals surface area (Å²) < 4.78 is 7.82. The molecule has 0 unspecified atom stereocenters. The summed E-state index contributed by atoms with van der Waals surface area (Å²) in [6.07, 6.45) is 0. The molecule has 0 N–H and O–H groups in total. The van der Waals surface area contributed by atoms with Crippen LogP contribution in [0.15, 0.2) is 168 Å². The summed E-state index contributed by atoms with van der Waals surface area (Å²) in [5, 5.41) is 1.13. The van der Waals surface area contributed by atoms with E-state index in [9.17, 15) is 0 Å². The zero-order valence-corrected chi connectivity index (χ0v) is 28.2. The molecule has 0 aliphatic rings. The normalized spacial score (nSPS) is 11.7. The summed E-state index contributed by atoms with van der Waals surface area (Å²) >= 11 is 3.71. The molecule has 6 nitrogen and oxygen atoms in total. The Balaban J connectivity index is 1.22. The fourth-order valence-corrected chi connectivity index (χ4v) is 7.44. The standard InChI is InChI=1S/C43H27BrN6/c44-31-23-24-38-39(26-31)49(32-18-8-3-9-19-32)43-47-42-40(50(38)43)34-21-10-11-22-37(34)48(42)33-20-12-17-30(25-33)41-45-35(28-13-4-1-5-14-28)27-36(46-41)29-15-6-2-7-16-29/h1-27H. The maximum absolute atomic E-state index is 5.42. The second kappa shape index (κ2) is 11.4. The highest BCUT2D eigenvalue weighted by Gasteiger charge is 2.24. The predicted octanol–water partition coefficient (Wildman–Crippen LogP) is 10.9. The molecular weight excluding hydrogens is 680 g/mol. The van der Waals surface area contributed by atoms with Crippen molar-refractivity contribution in [3.63, 3.8) is 0 Å². The van der Waals surface area contributed by atoms with Crippen LogP contribution in [0.3, 0.4) is 0 Å². The van der Waals surface area contributed by atoms with Gasteiger partial charge in [0, 0.05) is 37.9 Å². The second-order valence-electron chi connectivity index (χ2n) is 12.3. The van der Waals surface area contributed by atoms with Crippen LogP contribution in [0, 0.1) is 0 Å². The van der Waals surface area contributed by atoms with E-state index in [-0.39, 0.29) is 0 Å². The monoisotopic (exact) mass is 706 g/mol. The van der Waals surface area contributed by atoms with Crippen LogP contribution in [0.1, 0.15) is 0 Å². The fraction of sp³-hybridized carbons (Fsp3) is 0. The first kappa shape index (κ1) is 28.7. The summed E-state index contributed by atoms with van der Waals surface area (Å²) in [7, 11) is 0. The van der Waals surface area contributed by atoms with Gasteiger partial charge >= 0.3 is 0 Å². The van der Waals surface area contributed by atoms with Gasteiger partial charge in [0.15, 0.2) is 11.5 Å². The number of hydrogen-bond acceptors (Lipinski definition) is 3. The van der Waals surface area contributed by atoms with Gasteiger partial charge in [-0.2, -0.15) is 4.98 Å². The van der Waals surface area contributed by atoms with Crippen molar-refractivity contribution in [2.75, 3.05) is 0 Å². The maximum atomic E-state index is 5.42. The highest BCUT2D eigenvalue weighted by molar-refractivity contribution is 9.10. The number of hydrogen-bond donors (Lipinski definition) is 0. The Morgan fingerprint density at radius 1 is 0.440 bits per heavy atom. The number of nitrogens with zero attached hydrogens (tertiary/aromatic N) is 6. The van der Waals surface area contributed by atoms with Gasteiger partial charge in [-0.25, -0.2) is 9.97 Å². The molecule has 236 valence electrons. The molecule has 10 aromatic rings. The molecule has 0 fully saturated rings. The topological polar surface area (TPSA) is 52.9 Å². The average molecular weight is 708 g/mol. The molecule has 0 saturated carbocycles. The van der Waals surface area contributed by atoms with Crippen molar-refractivity contribution >= 4 is 54.8 Å². The third kappa shape index (κ3) is 4.51. The SMILES string of the molecule is Brc1ccc2c(c1)n(-c1ccccc1)c1nc3c(c4ccccc4n3-c3cccc(-c4nc(-c5ccccc5)cc(-c5ccccc5)n4)c3)n21. The molecule has 7 heteroatoms. The first-order valence-corrected chi connectivity index (χ1v) is 17.3.